The normalized spacial score (nSPS) is 33.0. The van der Waals surface area contributed by atoms with Crippen LogP contribution >= 0.6 is 0 Å². The molecule has 2 aliphatic rings. The van der Waals surface area contributed by atoms with Gasteiger partial charge in [-0.15, -0.1) is 0 Å². The zero-order valence-corrected chi connectivity index (χ0v) is 12.9. The molecule has 0 bridgehead atoms. The Morgan fingerprint density at radius 2 is 1.86 bits per heavy atom. The molecule has 120 valence electrons. The Kier molecular flexibility index (Phi) is 5.08. The number of rotatable bonds is 3. The average Bonchev–Trinajstić information content (AvgIpc) is 2.88. The Hall–Kier alpha value is -1.30. The number of carboxylic acid groups (broad SMARTS) is 1. The Morgan fingerprint density at radius 1 is 1.24 bits per heavy atom. The molecule has 1 aliphatic carbocycles. The number of β-amino-alcohol motifs (C(OH)–C–C–N with tert-alkyl or cyclic N) is 1. The highest BCUT2D eigenvalue weighted by atomic mass is 16.4. The first-order chi connectivity index (χ1) is 9.93. The third kappa shape index (κ3) is 3.48. The van der Waals surface area contributed by atoms with Crippen molar-refractivity contribution in [2.24, 2.45) is 5.92 Å². The number of carboxylic acids is 1. The van der Waals surface area contributed by atoms with Crippen LogP contribution in [0.25, 0.3) is 0 Å². The first kappa shape index (κ1) is 16.1. The maximum absolute atomic E-state index is 12.5. The topological polar surface area (TPSA) is 81.1 Å². The predicted octanol–water partition coefficient (Wildman–Crippen LogP) is 1.53. The minimum absolute atomic E-state index is 0.116. The van der Waals surface area contributed by atoms with Gasteiger partial charge in [-0.3, -0.25) is 0 Å². The second-order valence-corrected chi connectivity index (χ2v) is 6.37. The van der Waals surface area contributed by atoms with Gasteiger partial charge in [0.1, 0.15) is 6.04 Å². The third-order valence-electron chi connectivity index (χ3n) is 5.05. The van der Waals surface area contributed by atoms with Crippen molar-refractivity contribution in [3.05, 3.63) is 0 Å². The van der Waals surface area contributed by atoms with Gasteiger partial charge in [0.05, 0.1) is 6.10 Å². The van der Waals surface area contributed by atoms with Gasteiger partial charge in [0, 0.05) is 26.1 Å². The summed E-state index contributed by atoms with van der Waals surface area (Å²) >= 11 is 0. The molecule has 1 saturated heterocycles. The van der Waals surface area contributed by atoms with Crippen molar-refractivity contribution in [2.75, 3.05) is 13.6 Å². The summed E-state index contributed by atoms with van der Waals surface area (Å²) in [6.45, 7) is 2.31. The summed E-state index contributed by atoms with van der Waals surface area (Å²) in [5, 5.41) is 18.8. The molecule has 1 saturated carbocycles. The second kappa shape index (κ2) is 6.64. The molecule has 2 atom stereocenters. The Bertz CT molecular complexity index is 393. The number of hydrogen-bond donors (Lipinski definition) is 2. The number of nitrogens with zero attached hydrogens (tertiary/aromatic N) is 2. The molecule has 1 aliphatic heterocycles. The van der Waals surface area contributed by atoms with E-state index in [9.17, 15) is 19.8 Å². The predicted molar refractivity (Wildman–Crippen MR) is 77.9 cm³/mol. The van der Waals surface area contributed by atoms with Crippen molar-refractivity contribution in [3.8, 4) is 0 Å². The van der Waals surface area contributed by atoms with Crippen molar-refractivity contribution in [3.63, 3.8) is 0 Å². The summed E-state index contributed by atoms with van der Waals surface area (Å²) < 4.78 is 0. The van der Waals surface area contributed by atoms with Gasteiger partial charge in [-0.2, -0.15) is 0 Å². The van der Waals surface area contributed by atoms with E-state index in [0.717, 1.165) is 31.6 Å². The monoisotopic (exact) mass is 298 g/mol. The minimum atomic E-state index is -1.04. The molecule has 0 aromatic rings. The van der Waals surface area contributed by atoms with Gasteiger partial charge in [0.2, 0.25) is 0 Å². The standard InChI is InChI=1S/C15H26N2O4/c1-3-10-4-6-11(7-5-10)16(2)15(21)17-9-12(18)8-13(17)14(19)20/h10-13,18H,3-9H2,1-2H3,(H,19,20)/t10?,11?,12-,13-/m1/s1. The lowest BCUT2D eigenvalue weighted by atomic mass is 9.84. The van der Waals surface area contributed by atoms with Gasteiger partial charge in [0.15, 0.2) is 0 Å². The summed E-state index contributed by atoms with van der Waals surface area (Å²) in [6.07, 6.45) is 4.79. The molecule has 2 rings (SSSR count). The van der Waals surface area contributed by atoms with Gasteiger partial charge in [-0.25, -0.2) is 9.59 Å². The smallest absolute Gasteiger partial charge is 0.326 e. The number of likely N-dealkylation sites (tertiary alicyclic amines) is 1. The van der Waals surface area contributed by atoms with Crippen molar-refractivity contribution in [2.45, 2.75) is 63.6 Å². The maximum atomic E-state index is 12.5. The summed E-state index contributed by atoms with van der Waals surface area (Å²) in [5.74, 6) is -0.284. The molecule has 6 heteroatoms. The number of carbonyl (C=O) groups is 2. The molecule has 1 heterocycles. The van der Waals surface area contributed by atoms with Crippen molar-refractivity contribution >= 4 is 12.0 Å². The lowest BCUT2D eigenvalue weighted by Gasteiger charge is -2.37. The van der Waals surface area contributed by atoms with Crippen LogP contribution in [0.4, 0.5) is 4.79 Å². The molecule has 2 fully saturated rings. The highest BCUT2D eigenvalue weighted by molar-refractivity contribution is 5.83. The fraction of sp³-hybridized carbons (Fsp3) is 0.867. The zero-order valence-electron chi connectivity index (χ0n) is 12.9. The van der Waals surface area contributed by atoms with Crippen LogP contribution in [0, 0.1) is 5.92 Å². The van der Waals surface area contributed by atoms with Gasteiger partial charge in [-0.05, 0) is 31.6 Å². The number of aliphatic hydroxyl groups is 1. The van der Waals surface area contributed by atoms with Gasteiger partial charge in [0.25, 0.3) is 0 Å². The summed E-state index contributed by atoms with van der Waals surface area (Å²) in [7, 11) is 1.75. The Morgan fingerprint density at radius 3 is 2.38 bits per heavy atom. The van der Waals surface area contributed by atoms with Gasteiger partial charge in [-0.1, -0.05) is 13.3 Å². The number of aliphatic carboxylic acids is 1. The van der Waals surface area contributed by atoms with Crippen LogP contribution in [0.5, 0.6) is 0 Å². The SMILES string of the molecule is CCC1CCC(N(C)C(=O)N2C[C@H](O)C[C@@H]2C(=O)O)CC1. The highest BCUT2D eigenvalue weighted by Crippen LogP contribution is 2.30. The van der Waals surface area contributed by atoms with E-state index in [2.05, 4.69) is 6.92 Å². The fourth-order valence-electron chi connectivity index (χ4n) is 3.56. The summed E-state index contributed by atoms with van der Waals surface area (Å²) in [6, 6.07) is -0.978. The molecule has 2 N–H and O–H groups in total. The fourth-order valence-corrected chi connectivity index (χ4v) is 3.56. The third-order valence-corrected chi connectivity index (χ3v) is 5.05. The van der Waals surface area contributed by atoms with E-state index >= 15 is 0 Å². The van der Waals surface area contributed by atoms with Crippen LogP contribution < -0.4 is 0 Å². The van der Waals surface area contributed by atoms with Crippen LogP contribution in [0.3, 0.4) is 0 Å². The second-order valence-electron chi connectivity index (χ2n) is 6.37. The Labute approximate surface area is 125 Å². The quantitative estimate of drug-likeness (QED) is 0.828. The van der Waals surface area contributed by atoms with E-state index in [1.807, 2.05) is 0 Å². The summed E-state index contributed by atoms with van der Waals surface area (Å²) in [5.41, 5.74) is 0. The van der Waals surface area contributed by atoms with Crippen LogP contribution in [0.15, 0.2) is 0 Å². The van der Waals surface area contributed by atoms with E-state index in [1.54, 1.807) is 11.9 Å². The number of hydrogen-bond acceptors (Lipinski definition) is 3. The van der Waals surface area contributed by atoms with Crippen LogP contribution in [-0.2, 0) is 4.79 Å². The number of aliphatic hydroxyl groups excluding tert-OH is 1. The lowest BCUT2D eigenvalue weighted by Crippen LogP contribution is -2.50. The Balaban J connectivity index is 1.97. The lowest BCUT2D eigenvalue weighted by molar-refractivity contribution is -0.141. The van der Waals surface area contributed by atoms with Crippen LogP contribution in [0.2, 0.25) is 0 Å². The largest absolute Gasteiger partial charge is 0.480 e. The first-order valence-corrected chi connectivity index (χ1v) is 7.88. The molecule has 0 radical (unpaired) electrons. The molecular weight excluding hydrogens is 272 g/mol. The first-order valence-electron chi connectivity index (χ1n) is 7.88. The van der Waals surface area contributed by atoms with Crippen LogP contribution in [0.1, 0.15) is 45.4 Å². The van der Waals surface area contributed by atoms with Crippen molar-refractivity contribution in [1.29, 1.82) is 0 Å². The van der Waals surface area contributed by atoms with Gasteiger partial charge < -0.3 is 20.0 Å². The molecule has 0 unspecified atom stereocenters. The molecule has 21 heavy (non-hydrogen) atoms. The van der Waals surface area contributed by atoms with E-state index in [0.29, 0.717) is 0 Å². The highest BCUT2D eigenvalue weighted by Gasteiger charge is 2.41. The van der Waals surface area contributed by atoms with E-state index in [1.165, 1.54) is 11.3 Å². The summed E-state index contributed by atoms with van der Waals surface area (Å²) in [4.78, 5) is 26.7. The van der Waals surface area contributed by atoms with Crippen molar-refractivity contribution < 1.29 is 19.8 Å². The number of urea groups is 1. The molecule has 0 aromatic carbocycles. The van der Waals surface area contributed by atoms with E-state index < -0.39 is 18.1 Å². The minimum Gasteiger partial charge on any atom is -0.480 e. The van der Waals surface area contributed by atoms with Crippen LogP contribution in [-0.4, -0.2) is 63.8 Å². The van der Waals surface area contributed by atoms with Gasteiger partial charge >= 0.3 is 12.0 Å². The number of carbonyl (C=O) groups excluding carboxylic acids is 1. The molecule has 2 amide bonds. The maximum Gasteiger partial charge on any atom is 0.326 e. The zero-order chi connectivity index (χ0) is 15.6. The molecular formula is C15H26N2O4. The molecule has 0 aromatic heterocycles. The van der Waals surface area contributed by atoms with E-state index in [4.69, 9.17) is 0 Å². The van der Waals surface area contributed by atoms with E-state index in [-0.39, 0.29) is 25.0 Å². The van der Waals surface area contributed by atoms with Crippen molar-refractivity contribution in [1.82, 2.24) is 9.80 Å². The average molecular weight is 298 g/mol. The molecule has 6 nitrogen and oxygen atoms in total. The molecule has 0 spiro atoms. The number of amides is 2.